The Bertz CT molecular complexity index is 1630. The second kappa shape index (κ2) is 11.6. The SMILES string of the molecule is CCOc1ccccc1-n1c(C(C)N(Cc2ccccc2)C(=O)Nc2ccccc2)nc2ccccc2c1=O. The summed E-state index contributed by atoms with van der Waals surface area (Å²) in [5.74, 6) is 1.00. The number of hydrogen-bond donors (Lipinski definition) is 1. The van der Waals surface area contributed by atoms with Crippen LogP contribution in [0, 0.1) is 0 Å². The molecule has 1 atom stereocenters. The monoisotopic (exact) mass is 518 g/mol. The van der Waals surface area contributed by atoms with Gasteiger partial charge >= 0.3 is 6.03 Å². The topological polar surface area (TPSA) is 76.5 Å². The first-order valence-electron chi connectivity index (χ1n) is 13.0. The van der Waals surface area contributed by atoms with Crippen molar-refractivity contribution >= 4 is 22.6 Å². The van der Waals surface area contributed by atoms with Gasteiger partial charge in [-0.15, -0.1) is 0 Å². The molecule has 0 saturated carbocycles. The Hall–Kier alpha value is -4.91. The van der Waals surface area contributed by atoms with Crippen molar-refractivity contribution < 1.29 is 9.53 Å². The number of hydrogen-bond acceptors (Lipinski definition) is 4. The molecule has 1 N–H and O–H groups in total. The van der Waals surface area contributed by atoms with E-state index in [0.29, 0.717) is 47.0 Å². The molecule has 0 aliphatic carbocycles. The van der Waals surface area contributed by atoms with Gasteiger partial charge in [0.15, 0.2) is 0 Å². The largest absolute Gasteiger partial charge is 0.492 e. The fourth-order valence-electron chi connectivity index (χ4n) is 4.60. The number of carbonyl (C=O) groups is 1. The van der Waals surface area contributed by atoms with E-state index in [9.17, 15) is 9.59 Å². The molecule has 4 aromatic carbocycles. The van der Waals surface area contributed by atoms with Crippen molar-refractivity contribution in [1.82, 2.24) is 14.5 Å². The van der Waals surface area contributed by atoms with Crippen molar-refractivity contribution in [2.45, 2.75) is 26.4 Å². The molecule has 1 heterocycles. The Kier molecular flexibility index (Phi) is 7.68. The Balaban J connectivity index is 1.67. The summed E-state index contributed by atoms with van der Waals surface area (Å²) in [4.78, 5) is 34.4. The predicted molar refractivity (Wildman–Crippen MR) is 154 cm³/mol. The number of urea groups is 1. The van der Waals surface area contributed by atoms with Crippen LogP contribution in [0.15, 0.2) is 114 Å². The van der Waals surface area contributed by atoms with Crippen molar-refractivity contribution in [1.29, 1.82) is 0 Å². The van der Waals surface area contributed by atoms with E-state index < -0.39 is 6.04 Å². The van der Waals surface area contributed by atoms with Crippen LogP contribution < -0.4 is 15.6 Å². The lowest BCUT2D eigenvalue weighted by atomic mass is 10.1. The zero-order valence-electron chi connectivity index (χ0n) is 22.0. The number of rotatable bonds is 8. The van der Waals surface area contributed by atoms with Gasteiger partial charge in [0, 0.05) is 12.2 Å². The van der Waals surface area contributed by atoms with Gasteiger partial charge in [0.05, 0.1) is 29.2 Å². The lowest BCUT2D eigenvalue weighted by molar-refractivity contribution is 0.185. The summed E-state index contributed by atoms with van der Waals surface area (Å²) in [6.45, 7) is 4.55. The first-order valence-corrected chi connectivity index (χ1v) is 13.0. The van der Waals surface area contributed by atoms with Crippen LogP contribution in [0.4, 0.5) is 10.5 Å². The summed E-state index contributed by atoms with van der Waals surface area (Å²) in [5.41, 5.74) is 2.55. The number of aromatic nitrogens is 2. The summed E-state index contributed by atoms with van der Waals surface area (Å²) in [7, 11) is 0. The van der Waals surface area contributed by atoms with E-state index in [2.05, 4.69) is 5.32 Å². The molecule has 0 spiro atoms. The molecule has 0 saturated heterocycles. The fourth-order valence-corrected chi connectivity index (χ4v) is 4.60. The minimum atomic E-state index is -0.582. The van der Waals surface area contributed by atoms with E-state index in [1.165, 1.54) is 0 Å². The van der Waals surface area contributed by atoms with Crippen LogP contribution in [-0.2, 0) is 6.54 Å². The first kappa shape index (κ1) is 25.7. The Labute approximate surface area is 227 Å². The van der Waals surface area contributed by atoms with Crippen molar-refractivity contribution in [3.05, 3.63) is 131 Å². The zero-order valence-corrected chi connectivity index (χ0v) is 22.0. The molecule has 39 heavy (non-hydrogen) atoms. The average Bonchev–Trinajstić information content (AvgIpc) is 2.97. The molecule has 2 amide bonds. The number of para-hydroxylation sites is 4. The van der Waals surface area contributed by atoms with Gasteiger partial charge in [-0.05, 0) is 55.8 Å². The number of carbonyl (C=O) groups excluding carboxylic acids is 1. The van der Waals surface area contributed by atoms with E-state index in [0.717, 1.165) is 5.56 Å². The number of fused-ring (bicyclic) bond motifs is 1. The van der Waals surface area contributed by atoms with Gasteiger partial charge in [0.25, 0.3) is 5.56 Å². The van der Waals surface area contributed by atoms with Crippen LogP contribution in [0.1, 0.15) is 31.3 Å². The highest BCUT2D eigenvalue weighted by Crippen LogP contribution is 2.29. The van der Waals surface area contributed by atoms with Gasteiger partial charge < -0.3 is 15.0 Å². The van der Waals surface area contributed by atoms with E-state index in [1.54, 1.807) is 15.5 Å². The van der Waals surface area contributed by atoms with E-state index >= 15 is 0 Å². The average molecular weight is 519 g/mol. The zero-order chi connectivity index (χ0) is 27.2. The summed E-state index contributed by atoms with van der Waals surface area (Å²) >= 11 is 0. The van der Waals surface area contributed by atoms with E-state index in [1.807, 2.05) is 117 Å². The van der Waals surface area contributed by atoms with Crippen molar-refractivity contribution in [2.24, 2.45) is 0 Å². The highest BCUT2D eigenvalue weighted by atomic mass is 16.5. The molecule has 1 unspecified atom stereocenters. The first-order chi connectivity index (χ1) is 19.1. The molecule has 5 aromatic rings. The molecule has 196 valence electrons. The standard InChI is InChI=1S/C32H30N4O3/c1-3-39-29-21-13-12-20-28(29)36-30(34-27-19-11-10-18-26(27)31(36)37)23(2)35(22-24-14-6-4-7-15-24)32(38)33-25-16-8-5-9-17-25/h4-21,23H,3,22H2,1-2H3,(H,33,38). The maximum atomic E-state index is 14.0. The minimum absolute atomic E-state index is 0.224. The molecule has 7 nitrogen and oxygen atoms in total. The molecule has 0 bridgehead atoms. The van der Waals surface area contributed by atoms with Gasteiger partial charge in [-0.25, -0.2) is 9.78 Å². The summed E-state index contributed by atoms with van der Waals surface area (Å²) in [5, 5.41) is 3.49. The Morgan fingerprint density at radius 2 is 1.54 bits per heavy atom. The molecule has 1 aromatic heterocycles. The number of ether oxygens (including phenoxy) is 1. The predicted octanol–water partition coefficient (Wildman–Crippen LogP) is 6.58. The fraction of sp³-hybridized carbons (Fsp3) is 0.156. The highest BCUT2D eigenvalue weighted by molar-refractivity contribution is 5.89. The lowest BCUT2D eigenvalue weighted by Gasteiger charge is -2.31. The normalized spacial score (nSPS) is 11.6. The van der Waals surface area contributed by atoms with Gasteiger partial charge in [0.1, 0.15) is 11.6 Å². The number of benzene rings is 4. The molecule has 5 rings (SSSR count). The van der Waals surface area contributed by atoms with Crippen LogP contribution in [-0.4, -0.2) is 27.1 Å². The van der Waals surface area contributed by atoms with Crippen LogP contribution in [0.5, 0.6) is 5.75 Å². The molecular weight excluding hydrogens is 488 g/mol. The van der Waals surface area contributed by atoms with Crippen LogP contribution in [0.2, 0.25) is 0 Å². The van der Waals surface area contributed by atoms with Crippen molar-refractivity contribution in [3.63, 3.8) is 0 Å². The number of nitrogens with zero attached hydrogens (tertiary/aromatic N) is 3. The van der Waals surface area contributed by atoms with Crippen LogP contribution in [0.3, 0.4) is 0 Å². The summed E-state index contributed by atoms with van der Waals surface area (Å²) in [6.07, 6.45) is 0. The van der Waals surface area contributed by atoms with E-state index in [-0.39, 0.29) is 11.6 Å². The smallest absolute Gasteiger partial charge is 0.322 e. The Morgan fingerprint density at radius 1 is 0.897 bits per heavy atom. The van der Waals surface area contributed by atoms with E-state index in [4.69, 9.17) is 9.72 Å². The quantitative estimate of drug-likeness (QED) is 0.252. The number of nitrogens with one attached hydrogen (secondary N) is 1. The van der Waals surface area contributed by atoms with Gasteiger partial charge in [0.2, 0.25) is 0 Å². The van der Waals surface area contributed by atoms with Crippen LogP contribution >= 0.6 is 0 Å². The highest BCUT2D eigenvalue weighted by Gasteiger charge is 2.28. The molecule has 0 aliphatic rings. The molecule has 0 radical (unpaired) electrons. The molecular formula is C32H30N4O3. The van der Waals surface area contributed by atoms with Crippen LogP contribution in [0.25, 0.3) is 16.6 Å². The second-order valence-corrected chi connectivity index (χ2v) is 9.11. The third-order valence-electron chi connectivity index (χ3n) is 6.53. The maximum Gasteiger partial charge on any atom is 0.322 e. The van der Waals surface area contributed by atoms with Gasteiger partial charge in [-0.3, -0.25) is 9.36 Å². The molecule has 7 heteroatoms. The number of amides is 2. The lowest BCUT2D eigenvalue weighted by Crippen LogP contribution is -2.39. The third-order valence-corrected chi connectivity index (χ3v) is 6.53. The molecule has 0 fully saturated rings. The number of anilines is 1. The maximum absolute atomic E-state index is 14.0. The molecule has 0 aliphatic heterocycles. The van der Waals surface area contributed by atoms with Gasteiger partial charge in [-0.2, -0.15) is 0 Å². The Morgan fingerprint density at radius 3 is 2.28 bits per heavy atom. The third kappa shape index (κ3) is 5.52. The summed E-state index contributed by atoms with van der Waals surface area (Å²) in [6, 6.07) is 32.8. The summed E-state index contributed by atoms with van der Waals surface area (Å²) < 4.78 is 7.47. The van der Waals surface area contributed by atoms with Crippen molar-refractivity contribution in [2.75, 3.05) is 11.9 Å². The van der Waals surface area contributed by atoms with Gasteiger partial charge in [-0.1, -0.05) is 72.8 Å². The second-order valence-electron chi connectivity index (χ2n) is 9.11. The van der Waals surface area contributed by atoms with Crippen molar-refractivity contribution in [3.8, 4) is 11.4 Å². The minimum Gasteiger partial charge on any atom is -0.492 e.